The lowest BCUT2D eigenvalue weighted by atomic mass is 10.2. The van der Waals surface area contributed by atoms with Gasteiger partial charge in [-0.25, -0.2) is 14.4 Å². The van der Waals surface area contributed by atoms with Crippen LogP contribution in [0.25, 0.3) is 10.9 Å². The molecule has 0 fully saturated rings. The maximum absolute atomic E-state index is 14.0. The number of fused-ring (bicyclic) bond motifs is 1. The number of rotatable bonds is 3. The number of benzene rings is 2. The molecule has 0 aliphatic rings. The Morgan fingerprint density at radius 1 is 1.13 bits per heavy atom. The fraction of sp³-hybridized carbons (Fsp3) is 0. The van der Waals surface area contributed by atoms with Crippen LogP contribution in [-0.4, -0.2) is 14.9 Å². The van der Waals surface area contributed by atoms with Gasteiger partial charge >= 0.3 is 0 Å². The van der Waals surface area contributed by atoms with Crippen LogP contribution in [0.5, 0.6) is 0 Å². The molecule has 3 rings (SSSR count). The summed E-state index contributed by atoms with van der Waals surface area (Å²) in [6.45, 7) is 0. The molecular formula is C14H7Cl2FN4O2. The Labute approximate surface area is 139 Å². The predicted molar refractivity (Wildman–Crippen MR) is 85.9 cm³/mol. The maximum Gasteiger partial charge on any atom is 0.270 e. The van der Waals surface area contributed by atoms with Gasteiger partial charge in [0.2, 0.25) is 0 Å². The first-order valence-electron chi connectivity index (χ1n) is 6.26. The third-order valence-electron chi connectivity index (χ3n) is 3.09. The zero-order chi connectivity index (χ0) is 16.6. The first kappa shape index (κ1) is 15.4. The van der Waals surface area contributed by atoms with Gasteiger partial charge in [-0.15, -0.1) is 0 Å². The SMILES string of the molecule is O=[N+]([O-])c1ccc2ncnc(Nc3cc(Cl)c(Cl)cc3[18F])c2c1. The van der Waals surface area contributed by atoms with Crippen LogP contribution in [0.1, 0.15) is 0 Å². The number of nitro groups is 1. The molecule has 0 saturated heterocycles. The summed E-state index contributed by atoms with van der Waals surface area (Å²) in [5, 5.41) is 14.3. The molecule has 0 aliphatic carbocycles. The zero-order valence-corrected chi connectivity index (χ0v) is 12.8. The average Bonchev–Trinajstić information content (AvgIpc) is 2.52. The highest BCUT2D eigenvalue weighted by atomic mass is 35.5. The smallest absolute Gasteiger partial charge is 0.270 e. The monoisotopic (exact) mass is 351 g/mol. The Kier molecular flexibility index (Phi) is 3.97. The molecule has 6 nitrogen and oxygen atoms in total. The van der Waals surface area contributed by atoms with Crippen LogP contribution in [0.2, 0.25) is 10.0 Å². The minimum atomic E-state index is -0.628. The van der Waals surface area contributed by atoms with Crippen molar-refractivity contribution >= 4 is 51.3 Å². The van der Waals surface area contributed by atoms with E-state index in [4.69, 9.17) is 23.2 Å². The van der Waals surface area contributed by atoms with Gasteiger partial charge in [0.25, 0.3) is 5.69 Å². The standard InChI is InChI=1S/C14H7Cl2FN4O2/c15-9-4-11(17)13(5-10(9)16)20-14-8-3-7(21(22)23)1-2-12(8)18-6-19-14/h1-6H,(H,18,19,20)/i17-1. The highest BCUT2D eigenvalue weighted by Crippen LogP contribution is 2.32. The second kappa shape index (κ2) is 5.94. The zero-order valence-electron chi connectivity index (χ0n) is 11.3. The molecule has 0 amide bonds. The molecule has 1 aromatic heterocycles. The second-order valence-electron chi connectivity index (χ2n) is 4.55. The minimum Gasteiger partial charge on any atom is -0.337 e. The number of hydrogen-bond donors (Lipinski definition) is 1. The van der Waals surface area contributed by atoms with E-state index in [-0.39, 0.29) is 27.2 Å². The fourth-order valence-electron chi connectivity index (χ4n) is 2.00. The highest BCUT2D eigenvalue weighted by molar-refractivity contribution is 6.42. The van der Waals surface area contributed by atoms with Gasteiger partial charge in [-0.3, -0.25) is 10.1 Å². The van der Waals surface area contributed by atoms with Crippen LogP contribution >= 0.6 is 23.2 Å². The van der Waals surface area contributed by atoms with E-state index in [0.717, 1.165) is 6.07 Å². The molecule has 0 atom stereocenters. The molecule has 1 N–H and O–H groups in total. The molecule has 1 heterocycles. The predicted octanol–water partition coefficient (Wildman–Crippen LogP) is 4.73. The first-order valence-corrected chi connectivity index (χ1v) is 7.02. The van der Waals surface area contributed by atoms with Gasteiger partial charge in [0.15, 0.2) is 0 Å². The molecule has 0 spiro atoms. The van der Waals surface area contributed by atoms with E-state index < -0.39 is 10.7 Å². The van der Waals surface area contributed by atoms with Crippen molar-refractivity contribution in [1.29, 1.82) is 0 Å². The van der Waals surface area contributed by atoms with E-state index in [1.165, 1.54) is 30.6 Å². The van der Waals surface area contributed by atoms with Gasteiger partial charge in [-0.05, 0) is 18.2 Å². The van der Waals surface area contributed by atoms with E-state index in [9.17, 15) is 14.5 Å². The molecule has 0 radical (unpaired) electrons. The van der Waals surface area contributed by atoms with Gasteiger partial charge in [0.05, 0.1) is 26.2 Å². The van der Waals surface area contributed by atoms with Crippen LogP contribution < -0.4 is 5.32 Å². The Bertz CT molecular complexity index is 936. The number of nitro benzene ring substituents is 1. The van der Waals surface area contributed by atoms with Crippen molar-refractivity contribution in [2.24, 2.45) is 0 Å². The molecular weight excluding hydrogens is 345 g/mol. The van der Waals surface area contributed by atoms with Crippen molar-refractivity contribution in [2.45, 2.75) is 0 Å². The van der Waals surface area contributed by atoms with Gasteiger partial charge in [0.1, 0.15) is 18.0 Å². The van der Waals surface area contributed by atoms with Crippen LogP contribution in [0.3, 0.4) is 0 Å². The van der Waals surface area contributed by atoms with Crippen molar-refractivity contribution in [1.82, 2.24) is 9.97 Å². The Balaban J connectivity index is 2.11. The number of nitrogens with one attached hydrogen (secondary N) is 1. The van der Waals surface area contributed by atoms with Crippen molar-refractivity contribution in [3.63, 3.8) is 0 Å². The Hall–Kier alpha value is -2.51. The first-order chi connectivity index (χ1) is 11.0. The van der Waals surface area contributed by atoms with Gasteiger partial charge in [-0.1, -0.05) is 23.2 Å². The number of hydrogen-bond acceptors (Lipinski definition) is 5. The summed E-state index contributed by atoms with van der Waals surface area (Å²) in [6, 6.07) is 6.51. The van der Waals surface area contributed by atoms with Crippen LogP contribution in [0.4, 0.5) is 21.6 Å². The largest absolute Gasteiger partial charge is 0.337 e. The average molecular weight is 352 g/mol. The molecule has 3 aromatic rings. The molecule has 23 heavy (non-hydrogen) atoms. The summed E-state index contributed by atoms with van der Waals surface area (Å²) in [6.07, 6.45) is 1.27. The highest BCUT2D eigenvalue weighted by Gasteiger charge is 2.13. The van der Waals surface area contributed by atoms with E-state index in [1.807, 2.05) is 0 Å². The summed E-state index contributed by atoms with van der Waals surface area (Å²) in [7, 11) is 0. The summed E-state index contributed by atoms with van der Waals surface area (Å²) in [4.78, 5) is 18.4. The van der Waals surface area contributed by atoms with E-state index in [0.29, 0.717) is 10.9 Å². The third-order valence-corrected chi connectivity index (χ3v) is 3.81. The number of aromatic nitrogens is 2. The Morgan fingerprint density at radius 2 is 1.87 bits per heavy atom. The summed E-state index contributed by atoms with van der Waals surface area (Å²) in [5.74, 6) is -0.410. The fourth-order valence-corrected chi connectivity index (χ4v) is 2.32. The van der Waals surface area contributed by atoms with Gasteiger partial charge in [0, 0.05) is 17.5 Å². The maximum atomic E-state index is 14.0. The van der Waals surface area contributed by atoms with Crippen molar-refractivity contribution in [3.8, 4) is 0 Å². The molecule has 0 aliphatic heterocycles. The topological polar surface area (TPSA) is 81.0 Å². The lowest BCUT2D eigenvalue weighted by Gasteiger charge is -2.10. The quantitative estimate of drug-likeness (QED) is 0.419. The number of halogens is 3. The van der Waals surface area contributed by atoms with Crippen LogP contribution in [0, 0.1) is 15.9 Å². The van der Waals surface area contributed by atoms with Crippen LogP contribution in [-0.2, 0) is 0 Å². The third kappa shape index (κ3) is 3.01. The second-order valence-corrected chi connectivity index (χ2v) is 5.37. The van der Waals surface area contributed by atoms with Gasteiger partial charge < -0.3 is 5.32 Å². The number of anilines is 2. The lowest BCUT2D eigenvalue weighted by Crippen LogP contribution is -1.99. The van der Waals surface area contributed by atoms with E-state index in [1.54, 1.807) is 0 Å². The van der Waals surface area contributed by atoms with E-state index >= 15 is 0 Å². The van der Waals surface area contributed by atoms with Crippen molar-refractivity contribution in [2.75, 3.05) is 5.32 Å². The molecule has 116 valence electrons. The normalized spacial score (nSPS) is 10.7. The van der Waals surface area contributed by atoms with Gasteiger partial charge in [-0.2, -0.15) is 0 Å². The summed E-state index contributed by atoms with van der Waals surface area (Å²) < 4.78 is 14.0. The summed E-state index contributed by atoms with van der Waals surface area (Å²) in [5.41, 5.74) is 0.407. The van der Waals surface area contributed by atoms with Crippen molar-refractivity contribution < 1.29 is 9.31 Å². The van der Waals surface area contributed by atoms with Crippen molar-refractivity contribution in [3.05, 3.63) is 62.6 Å². The molecule has 0 unspecified atom stereocenters. The number of nitrogens with zero attached hydrogens (tertiary/aromatic N) is 3. The molecule has 2 aromatic carbocycles. The molecule has 0 bridgehead atoms. The lowest BCUT2D eigenvalue weighted by molar-refractivity contribution is -0.384. The van der Waals surface area contributed by atoms with Crippen LogP contribution in [0.15, 0.2) is 36.7 Å². The Morgan fingerprint density at radius 3 is 2.61 bits per heavy atom. The molecule has 9 heteroatoms. The molecule has 0 saturated carbocycles. The number of non-ortho nitro benzene ring substituents is 1. The van der Waals surface area contributed by atoms with E-state index in [2.05, 4.69) is 15.3 Å². The minimum absolute atomic E-state index is 0.0471. The summed E-state index contributed by atoms with van der Waals surface area (Å²) >= 11 is 11.6.